The summed E-state index contributed by atoms with van der Waals surface area (Å²) in [4.78, 5) is 22.2. The Kier molecular flexibility index (Phi) is 8.79. The average molecular weight is 556 g/mol. The van der Waals surface area contributed by atoms with E-state index in [1.807, 2.05) is 66.9 Å². The van der Waals surface area contributed by atoms with Gasteiger partial charge in [-0.05, 0) is 73.7 Å². The Morgan fingerprint density at radius 1 is 0.850 bits per heavy atom. The zero-order valence-corrected chi connectivity index (χ0v) is 22.4. The predicted molar refractivity (Wildman–Crippen MR) is 157 cm³/mol. The number of thiazole rings is 1. The molecular weight excluding hydrogens is 526 g/mol. The minimum atomic E-state index is -0.250. The maximum atomic E-state index is 9.74. The van der Waals surface area contributed by atoms with E-state index in [2.05, 4.69) is 27.8 Å². The second kappa shape index (κ2) is 13.0. The molecule has 10 heteroatoms. The summed E-state index contributed by atoms with van der Waals surface area (Å²) in [7, 11) is 0. The molecule has 3 aromatic heterocycles. The molecule has 1 fully saturated rings. The van der Waals surface area contributed by atoms with Gasteiger partial charge in [-0.15, -0.1) is 0 Å². The van der Waals surface area contributed by atoms with Crippen LogP contribution >= 0.6 is 11.3 Å². The predicted octanol–water partition coefficient (Wildman–Crippen LogP) is 6.71. The zero-order valence-electron chi connectivity index (χ0n) is 21.6. The van der Waals surface area contributed by atoms with Crippen LogP contribution in [-0.4, -0.2) is 43.8 Å². The van der Waals surface area contributed by atoms with Crippen LogP contribution in [0.3, 0.4) is 0 Å². The Morgan fingerprint density at radius 2 is 1.62 bits per heavy atom. The number of carboxylic acid groups (broad SMARTS) is 1. The van der Waals surface area contributed by atoms with E-state index in [0.717, 1.165) is 69.5 Å². The number of aliphatic hydroxyl groups is 1. The lowest BCUT2D eigenvalue weighted by Gasteiger charge is -2.26. The average Bonchev–Trinajstić information content (AvgIpc) is 3.37. The minimum absolute atomic E-state index is 0.165. The molecule has 0 unspecified atom stereocenters. The van der Waals surface area contributed by atoms with Crippen molar-refractivity contribution in [3.63, 3.8) is 0 Å². The first-order valence-electron chi connectivity index (χ1n) is 12.9. The normalized spacial score (nSPS) is 16.4. The van der Waals surface area contributed by atoms with Crippen molar-refractivity contribution in [1.82, 2.24) is 15.0 Å². The van der Waals surface area contributed by atoms with Crippen LogP contribution in [0, 0.1) is 0 Å². The van der Waals surface area contributed by atoms with Crippen LogP contribution < -0.4 is 15.4 Å². The fraction of sp³-hybridized carbons (Fsp3) is 0.200. The molecule has 40 heavy (non-hydrogen) atoms. The van der Waals surface area contributed by atoms with Crippen molar-refractivity contribution < 1.29 is 19.7 Å². The van der Waals surface area contributed by atoms with E-state index < -0.39 is 0 Å². The summed E-state index contributed by atoms with van der Waals surface area (Å²) >= 11 is 1.59. The summed E-state index contributed by atoms with van der Waals surface area (Å²) in [6, 6.07) is 24.2. The molecule has 204 valence electrons. The van der Waals surface area contributed by atoms with Crippen molar-refractivity contribution in [2.45, 2.75) is 37.8 Å². The molecule has 5 aromatic rings. The van der Waals surface area contributed by atoms with Crippen LogP contribution in [0.15, 0.2) is 85.2 Å². The van der Waals surface area contributed by atoms with Gasteiger partial charge in [0.2, 0.25) is 0 Å². The molecule has 4 N–H and O–H groups in total. The minimum Gasteiger partial charge on any atom is -0.483 e. The monoisotopic (exact) mass is 555 g/mol. The number of ether oxygens (including phenoxy) is 1. The van der Waals surface area contributed by atoms with E-state index in [4.69, 9.17) is 24.6 Å². The molecule has 0 radical (unpaired) electrons. The molecule has 0 atom stereocenters. The Hall–Kier alpha value is -4.54. The summed E-state index contributed by atoms with van der Waals surface area (Å²) in [6.07, 6.45) is 6.98. The Balaban J connectivity index is 0.00000103. The van der Waals surface area contributed by atoms with Crippen molar-refractivity contribution in [2.75, 3.05) is 10.6 Å². The quantitative estimate of drug-likeness (QED) is 0.162. The van der Waals surface area contributed by atoms with Gasteiger partial charge in [0.1, 0.15) is 23.1 Å². The number of nitrogens with one attached hydrogen (secondary N) is 2. The van der Waals surface area contributed by atoms with Gasteiger partial charge >= 0.3 is 0 Å². The van der Waals surface area contributed by atoms with E-state index in [9.17, 15) is 5.11 Å². The molecule has 0 amide bonds. The van der Waals surface area contributed by atoms with Gasteiger partial charge in [0, 0.05) is 17.8 Å². The van der Waals surface area contributed by atoms with Gasteiger partial charge in [0.25, 0.3) is 6.47 Å². The first kappa shape index (κ1) is 27.0. The number of carbonyl (C=O) groups is 1. The number of rotatable bonds is 7. The van der Waals surface area contributed by atoms with Crippen LogP contribution in [-0.2, 0) is 4.79 Å². The smallest absolute Gasteiger partial charge is 0.290 e. The Labute approximate surface area is 235 Å². The molecule has 6 rings (SSSR count). The van der Waals surface area contributed by atoms with Gasteiger partial charge in [0.05, 0.1) is 22.5 Å². The fourth-order valence-electron chi connectivity index (χ4n) is 4.54. The molecule has 9 nitrogen and oxygen atoms in total. The zero-order chi connectivity index (χ0) is 27.7. The topological polar surface area (TPSA) is 129 Å². The Morgan fingerprint density at radius 3 is 2.42 bits per heavy atom. The van der Waals surface area contributed by atoms with Gasteiger partial charge in [-0.1, -0.05) is 41.7 Å². The highest BCUT2D eigenvalue weighted by atomic mass is 32.1. The van der Waals surface area contributed by atoms with Gasteiger partial charge in [0.15, 0.2) is 5.13 Å². The molecule has 0 aliphatic heterocycles. The van der Waals surface area contributed by atoms with Crippen LogP contribution in [0.5, 0.6) is 11.5 Å². The molecule has 3 heterocycles. The third kappa shape index (κ3) is 7.10. The van der Waals surface area contributed by atoms with Crippen LogP contribution in [0.25, 0.3) is 21.3 Å². The largest absolute Gasteiger partial charge is 0.483 e. The van der Waals surface area contributed by atoms with Crippen molar-refractivity contribution >= 4 is 44.8 Å². The summed E-state index contributed by atoms with van der Waals surface area (Å²) in [5, 5.41) is 24.3. The standard InChI is InChI=1S/C29H27N5O2S.CH2O2/c35-22-12-10-21(11-13-22)31-27-7-4-8-28(33-27)34-29-32-25-14-9-19(16-26(25)37-29)20-15-24(18-30-17-20)36-23-5-2-1-3-6-23;2-1-3/h1-9,14-18,21-22,35H,10-13H2,(H2,31,32,33,34);1H,(H,2,3). The molecule has 0 bridgehead atoms. The van der Waals surface area contributed by atoms with Gasteiger partial charge in [-0.3, -0.25) is 9.78 Å². The number of aliphatic hydroxyl groups excluding tert-OH is 1. The number of para-hydroxylation sites is 1. The number of benzene rings is 2. The van der Waals surface area contributed by atoms with E-state index in [0.29, 0.717) is 11.8 Å². The molecule has 0 saturated heterocycles. The van der Waals surface area contributed by atoms with Crippen molar-refractivity contribution in [3.05, 3.63) is 85.2 Å². The number of hydrogen-bond acceptors (Lipinski definition) is 9. The second-order valence-corrected chi connectivity index (χ2v) is 10.3. The number of anilines is 3. The highest BCUT2D eigenvalue weighted by molar-refractivity contribution is 7.22. The first-order valence-corrected chi connectivity index (χ1v) is 13.8. The Bertz CT molecular complexity index is 1550. The van der Waals surface area contributed by atoms with Crippen molar-refractivity contribution in [2.24, 2.45) is 0 Å². The maximum Gasteiger partial charge on any atom is 0.290 e. The van der Waals surface area contributed by atoms with E-state index >= 15 is 0 Å². The molecular formula is C30H29N5O4S. The second-order valence-electron chi connectivity index (χ2n) is 9.31. The lowest BCUT2D eigenvalue weighted by atomic mass is 9.93. The van der Waals surface area contributed by atoms with Gasteiger partial charge in [-0.25, -0.2) is 9.97 Å². The molecule has 0 spiro atoms. The summed E-state index contributed by atoms with van der Waals surface area (Å²) in [5.41, 5.74) is 2.96. The van der Waals surface area contributed by atoms with Crippen molar-refractivity contribution in [3.8, 4) is 22.6 Å². The van der Waals surface area contributed by atoms with Crippen LogP contribution in [0.1, 0.15) is 25.7 Å². The fourth-order valence-corrected chi connectivity index (χ4v) is 5.45. The molecule has 1 aliphatic rings. The molecule has 1 saturated carbocycles. The number of aromatic nitrogens is 3. The number of pyridine rings is 2. The van der Waals surface area contributed by atoms with E-state index in [1.165, 1.54) is 0 Å². The third-order valence-electron chi connectivity index (χ3n) is 6.45. The maximum absolute atomic E-state index is 9.74. The van der Waals surface area contributed by atoms with E-state index in [1.54, 1.807) is 17.5 Å². The molecule has 2 aromatic carbocycles. The van der Waals surface area contributed by atoms with Gasteiger partial charge in [-0.2, -0.15) is 0 Å². The summed E-state index contributed by atoms with van der Waals surface area (Å²) < 4.78 is 7.03. The van der Waals surface area contributed by atoms with Crippen molar-refractivity contribution in [1.29, 1.82) is 0 Å². The lowest BCUT2D eigenvalue weighted by molar-refractivity contribution is -0.122. The number of nitrogens with zero attached hydrogens (tertiary/aromatic N) is 3. The van der Waals surface area contributed by atoms with Crippen LogP contribution in [0.2, 0.25) is 0 Å². The summed E-state index contributed by atoms with van der Waals surface area (Å²) in [5.74, 6) is 3.05. The molecule has 1 aliphatic carbocycles. The van der Waals surface area contributed by atoms with E-state index in [-0.39, 0.29) is 12.6 Å². The third-order valence-corrected chi connectivity index (χ3v) is 7.38. The SMILES string of the molecule is O=CO.OC1CCC(Nc2cccc(Nc3nc4ccc(-c5cncc(Oc6ccccc6)c5)cc4s3)n2)CC1. The van der Waals surface area contributed by atoms with Crippen LogP contribution in [0.4, 0.5) is 16.8 Å². The number of fused-ring (bicyclic) bond motifs is 1. The van der Waals surface area contributed by atoms with Gasteiger partial charge < -0.3 is 25.6 Å². The lowest BCUT2D eigenvalue weighted by Crippen LogP contribution is -2.28. The highest BCUT2D eigenvalue weighted by Crippen LogP contribution is 2.33. The first-order chi connectivity index (χ1) is 19.6. The number of hydrogen-bond donors (Lipinski definition) is 4. The highest BCUT2D eigenvalue weighted by Gasteiger charge is 2.19. The summed E-state index contributed by atoms with van der Waals surface area (Å²) in [6.45, 7) is -0.250.